The summed E-state index contributed by atoms with van der Waals surface area (Å²) in [5.74, 6) is -2.45. The van der Waals surface area contributed by atoms with Crippen molar-refractivity contribution >= 4 is 40.9 Å². The lowest BCUT2D eigenvalue weighted by molar-refractivity contribution is -0.150. The third kappa shape index (κ3) is 7.27. The molecular weight excluding hydrogens is 397 g/mol. The number of ether oxygens (including phenoxy) is 1. The van der Waals surface area contributed by atoms with E-state index in [0.717, 1.165) is 11.8 Å². The molecule has 1 atom stereocenters. The highest BCUT2D eigenvalue weighted by Crippen LogP contribution is 2.14. The Labute approximate surface area is 171 Å². The topological polar surface area (TPSA) is 108 Å². The number of rotatable bonds is 8. The molecule has 0 fully saturated rings. The molecule has 0 saturated heterocycles. The fourth-order valence-electron chi connectivity index (χ4n) is 2.17. The van der Waals surface area contributed by atoms with Crippen molar-refractivity contribution in [3.63, 3.8) is 0 Å². The number of nitrogens with zero attached hydrogens (tertiary/aromatic N) is 1. The van der Waals surface area contributed by atoms with E-state index in [2.05, 4.69) is 10.6 Å². The van der Waals surface area contributed by atoms with Gasteiger partial charge in [0.05, 0.1) is 28.8 Å². The van der Waals surface area contributed by atoms with Crippen LogP contribution in [0.15, 0.2) is 48.5 Å². The highest BCUT2D eigenvalue weighted by Gasteiger charge is 2.18. The van der Waals surface area contributed by atoms with Gasteiger partial charge in [-0.25, -0.2) is 4.39 Å². The first kappa shape index (κ1) is 21.9. The van der Waals surface area contributed by atoms with E-state index in [9.17, 15) is 18.8 Å². The molecule has 150 valence electrons. The number of nitriles is 1. The predicted octanol–water partition coefficient (Wildman–Crippen LogP) is 2.94. The smallest absolute Gasteiger partial charge is 0.316 e. The van der Waals surface area contributed by atoms with Gasteiger partial charge in [0.25, 0.3) is 5.91 Å². The molecule has 2 aromatic carbocycles. The zero-order valence-electron chi connectivity index (χ0n) is 15.5. The van der Waals surface area contributed by atoms with Crippen molar-refractivity contribution in [2.45, 2.75) is 13.0 Å². The van der Waals surface area contributed by atoms with E-state index in [-0.39, 0.29) is 17.2 Å². The van der Waals surface area contributed by atoms with Crippen LogP contribution in [0.3, 0.4) is 0 Å². The van der Waals surface area contributed by atoms with Crippen LogP contribution in [0.4, 0.5) is 15.8 Å². The van der Waals surface area contributed by atoms with Gasteiger partial charge in [-0.3, -0.25) is 14.4 Å². The molecule has 0 aromatic heterocycles. The Morgan fingerprint density at radius 2 is 1.90 bits per heavy atom. The van der Waals surface area contributed by atoms with Crippen LogP contribution in [0.5, 0.6) is 0 Å². The van der Waals surface area contributed by atoms with E-state index < -0.39 is 29.7 Å². The lowest BCUT2D eigenvalue weighted by Gasteiger charge is -2.13. The second-order valence-corrected chi connectivity index (χ2v) is 6.82. The summed E-state index contributed by atoms with van der Waals surface area (Å²) in [5.41, 5.74) is 0.861. The van der Waals surface area contributed by atoms with E-state index in [1.54, 1.807) is 24.3 Å². The zero-order valence-corrected chi connectivity index (χ0v) is 16.3. The average Bonchev–Trinajstić information content (AvgIpc) is 2.69. The SMILES string of the molecule is C[C@@H](OC(=O)CSCC(=O)Nc1ccccc1F)C(=O)Nc1cccc(C#N)c1. The van der Waals surface area contributed by atoms with Crippen molar-refractivity contribution in [2.75, 3.05) is 22.1 Å². The summed E-state index contributed by atoms with van der Waals surface area (Å²) >= 11 is 0.980. The molecule has 7 nitrogen and oxygen atoms in total. The number of benzene rings is 2. The van der Waals surface area contributed by atoms with Crippen LogP contribution in [0, 0.1) is 17.1 Å². The number of anilines is 2. The Kier molecular flexibility index (Phi) is 8.18. The number of thioether (sulfide) groups is 1. The van der Waals surface area contributed by atoms with Crippen molar-refractivity contribution in [2.24, 2.45) is 0 Å². The monoisotopic (exact) mass is 415 g/mol. The first-order valence-electron chi connectivity index (χ1n) is 8.51. The number of hydrogen-bond acceptors (Lipinski definition) is 6. The van der Waals surface area contributed by atoms with Crippen LogP contribution in [0.2, 0.25) is 0 Å². The standard InChI is InChI=1S/C20H18FN3O4S/c1-13(20(27)23-15-6-4-5-14(9-15)10-22)28-19(26)12-29-11-18(25)24-17-8-3-2-7-16(17)21/h2-9,13H,11-12H2,1H3,(H,23,27)(H,24,25)/t13-/m1/s1. The maximum absolute atomic E-state index is 13.5. The number of carbonyl (C=O) groups excluding carboxylic acids is 3. The molecule has 0 heterocycles. The molecule has 0 unspecified atom stereocenters. The molecule has 0 saturated carbocycles. The fourth-order valence-corrected chi connectivity index (χ4v) is 2.77. The van der Waals surface area contributed by atoms with E-state index in [1.807, 2.05) is 6.07 Å². The van der Waals surface area contributed by atoms with Gasteiger partial charge in [-0.2, -0.15) is 5.26 Å². The molecule has 2 aromatic rings. The Morgan fingerprint density at radius 1 is 1.14 bits per heavy atom. The highest BCUT2D eigenvalue weighted by atomic mass is 32.2. The van der Waals surface area contributed by atoms with E-state index in [4.69, 9.17) is 10.00 Å². The van der Waals surface area contributed by atoms with Gasteiger partial charge in [0, 0.05) is 5.69 Å². The summed E-state index contributed by atoms with van der Waals surface area (Å²) in [6, 6.07) is 14.0. The maximum Gasteiger partial charge on any atom is 0.316 e. The van der Waals surface area contributed by atoms with Crippen LogP contribution in [0.1, 0.15) is 12.5 Å². The number of nitrogens with one attached hydrogen (secondary N) is 2. The lowest BCUT2D eigenvalue weighted by Crippen LogP contribution is -2.30. The number of carbonyl (C=O) groups is 3. The molecule has 0 spiro atoms. The van der Waals surface area contributed by atoms with Crippen molar-refractivity contribution < 1.29 is 23.5 Å². The normalized spacial score (nSPS) is 11.1. The first-order valence-corrected chi connectivity index (χ1v) is 9.67. The minimum Gasteiger partial charge on any atom is -0.452 e. The molecule has 0 bridgehead atoms. The molecule has 9 heteroatoms. The number of para-hydroxylation sites is 1. The second kappa shape index (κ2) is 10.8. The zero-order chi connectivity index (χ0) is 21.2. The molecule has 2 rings (SSSR count). The fraction of sp³-hybridized carbons (Fsp3) is 0.200. The molecule has 0 aliphatic heterocycles. The summed E-state index contributed by atoms with van der Waals surface area (Å²) in [5, 5.41) is 13.8. The molecule has 2 N–H and O–H groups in total. The third-order valence-corrected chi connectivity index (χ3v) is 4.44. The predicted molar refractivity (Wildman–Crippen MR) is 108 cm³/mol. The van der Waals surface area contributed by atoms with Crippen LogP contribution in [0.25, 0.3) is 0 Å². The van der Waals surface area contributed by atoms with Crippen LogP contribution < -0.4 is 10.6 Å². The minimum atomic E-state index is -1.05. The number of halogens is 1. The van der Waals surface area contributed by atoms with E-state index in [0.29, 0.717) is 11.3 Å². The number of hydrogen-bond donors (Lipinski definition) is 2. The third-order valence-electron chi connectivity index (χ3n) is 3.54. The van der Waals surface area contributed by atoms with Crippen molar-refractivity contribution in [3.05, 3.63) is 59.9 Å². The van der Waals surface area contributed by atoms with Gasteiger partial charge in [-0.1, -0.05) is 18.2 Å². The van der Waals surface area contributed by atoms with Gasteiger partial charge in [0.2, 0.25) is 5.91 Å². The van der Waals surface area contributed by atoms with Gasteiger partial charge in [-0.05, 0) is 37.3 Å². The molecule has 0 radical (unpaired) electrons. The van der Waals surface area contributed by atoms with Crippen molar-refractivity contribution in [1.29, 1.82) is 5.26 Å². The summed E-state index contributed by atoms with van der Waals surface area (Å²) in [6.07, 6.45) is -1.05. The van der Waals surface area contributed by atoms with E-state index in [1.165, 1.54) is 31.2 Å². The summed E-state index contributed by atoms with van der Waals surface area (Å²) < 4.78 is 18.5. The van der Waals surface area contributed by atoms with Gasteiger partial charge in [0.15, 0.2) is 6.10 Å². The van der Waals surface area contributed by atoms with Crippen molar-refractivity contribution in [1.82, 2.24) is 0 Å². The van der Waals surface area contributed by atoms with E-state index >= 15 is 0 Å². The number of amides is 2. The molecule has 2 amide bonds. The first-order chi connectivity index (χ1) is 13.9. The summed E-state index contributed by atoms with van der Waals surface area (Å²) in [6.45, 7) is 1.41. The largest absolute Gasteiger partial charge is 0.452 e. The Morgan fingerprint density at radius 3 is 2.62 bits per heavy atom. The van der Waals surface area contributed by atoms with Crippen LogP contribution >= 0.6 is 11.8 Å². The average molecular weight is 415 g/mol. The maximum atomic E-state index is 13.5. The van der Waals surface area contributed by atoms with Gasteiger partial charge in [0.1, 0.15) is 5.82 Å². The molecular formula is C20H18FN3O4S. The Hall–Kier alpha value is -3.38. The van der Waals surface area contributed by atoms with Crippen LogP contribution in [-0.2, 0) is 19.1 Å². The molecule has 29 heavy (non-hydrogen) atoms. The number of esters is 1. The minimum absolute atomic E-state index is 0.0615. The molecule has 0 aliphatic carbocycles. The Bertz CT molecular complexity index is 945. The Balaban J connectivity index is 1.72. The van der Waals surface area contributed by atoms with Gasteiger partial charge < -0.3 is 15.4 Å². The highest BCUT2D eigenvalue weighted by molar-refractivity contribution is 8.00. The van der Waals surface area contributed by atoms with Gasteiger partial charge >= 0.3 is 5.97 Å². The van der Waals surface area contributed by atoms with Crippen molar-refractivity contribution in [3.8, 4) is 6.07 Å². The van der Waals surface area contributed by atoms with Gasteiger partial charge in [-0.15, -0.1) is 11.8 Å². The van der Waals surface area contributed by atoms with Crippen LogP contribution in [-0.4, -0.2) is 35.4 Å². The second-order valence-electron chi connectivity index (χ2n) is 5.83. The quantitative estimate of drug-likeness (QED) is 0.642. The molecule has 0 aliphatic rings. The summed E-state index contributed by atoms with van der Waals surface area (Å²) in [4.78, 5) is 35.7. The lowest BCUT2D eigenvalue weighted by atomic mass is 10.2. The summed E-state index contributed by atoms with van der Waals surface area (Å²) in [7, 11) is 0.